The topological polar surface area (TPSA) is 50.2 Å². The molecule has 0 aliphatic rings. The maximum Gasteiger partial charge on any atom is 0 e. The third-order valence-corrected chi connectivity index (χ3v) is 13.2. The Balaban J connectivity index is 0.000000320. The van der Waals surface area contributed by atoms with Crippen LogP contribution in [0.2, 0.25) is 17.3 Å². The first-order valence-corrected chi connectivity index (χ1v) is 22.9. The van der Waals surface area contributed by atoms with Crippen LogP contribution in [0.5, 0.6) is 0 Å². The summed E-state index contributed by atoms with van der Waals surface area (Å²) < 4.78 is 4.22. The molecule has 223 valence electrons. The van der Waals surface area contributed by atoms with Gasteiger partial charge in [0.15, 0.2) is 5.78 Å². The van der Waals surface area contributed by atoms with Crippen LogP contribution in [0.15, 0.2) is 54.4 Å². The van der Waals surface area contributed by atoms with Gasteiger partial charge in [0.05, 0.1) is 5.76 Å². The number of aliphatic hydroxyl groups excluding tert-OH is 1. The standard InChI is InChI=1S/C22H22GeNS.C13H24O2.Ir/c1-14-10-15(2)12-16(11-14)21-22-19(8-9-24-21)18-7-6-17(23(3,4)5)13-20(18)25-22;1-5-10(6-2)12(14)9-13(15)11(7-3)8-4;/h6-11,13H,1-5H3;9-11,14H,5-8H2,1-4H3;/q-1;;/b;12-9-;. The Morgan fingerprint density at radius 2 is 1.59 bits per heavy atom. The van der Waals surface area contributed by atoms with E-state index in [0.29, 0.717) is 0 Å². The van der Waals surface area contributed by atoms with Crippen molar-refractivity contribution in [3.05, 3.63) is 71.6 Å². The molecule has 2 aromatic carbocycles. The van der Waals surface area contributed by atoms with Crippen molar-refractivity contribution in [2.75, 3.05) is 0 Å². The van der Waals surface area contributed by atoms with Crippen LogP contribution in [0, 0.1) is 31.7 Å². The number of hydrogen-bond donors (Lipinski definition) is 1. The Morgan fingerprint density at radius 1 is 0.951 bits per heavy atom. The van der Waals surface area contributed by atoms with Crippen LogP contribution in [-0.4, -0.2) is 29.1 Å². The molecule has 1 radical (unpaired) electrons. The molecule has 4 rings (SSSR count). The number of aliphatic hydroxyl groups is 1. The van der Waals surface area contributed by atoms with Crippen LogP contribution in [0.25, 0.3) is 31.4 Å². The molecule has 1 N–H and O–H groups in total. The average molecular weight is 810 g/mol. The van der Waals surface area contributed by atoms with Crippen LogP contribution in [0.3, 0.4) is 0 Å². The van der Waals surface area contributed by atoms with Gasteiger partial charge in [-0.05, 0) is 25.7 Å². The van der Waals surface area contributed by atoms with E-state index in [4.69, 9.17) is 4.98 Å². The molecule has 0 aliphatic heterocycles. The molecule has 41 heavy (non-hydrogen) atoms. The summed E-state index contributed by atoms with van der Waals surface area (Å²) in [5, 5.41) is 12.4. The van der Waals surface area contributed by atoms with Gasteiger partial charge in [0.25, 0.3) is 0 Å². The number of carbonyl (C=O) groups is 1. The van der Waals surface area contributed by atoms with Crippen molar-refractivity contribution in [1.29, 1.82) is 0 Å². The van der Waals surface area contributed by atoms with Crippen molar-refractivity contribution in [2.45, 2.75) is 84.5 Å². The number of rotatable bonds is 9. The van der Waals surface area contributed by atoms with Crippen LogP contribution >= 0.6 is 11.3 Å². The number of allylic oxidation sites excluding steroid dienone is 2. The van der Waals surface area contributed by atoms with Gasteiger partial charge >= 0.3 is 156 Å². The Morgan fingerprint density at radius 3 is 2.15 bits per heavy atom. The maximum atomic E-state index is 11.7. The number of pyridine rings is 1. The zero-order valence-electron chi connectivity index (χ0n) is 26.1. The predicted molar refractivity (Wildman–Crippen MR) is 178 cm³/mol. The number of hydrogen-bond acceptors (Lipinski definition) is 4. The fourth-order valence-corrected chi connectivity index (χ4v) is 9.06. The van der Waals surface area contributed by atoms with Gasteiger partial charge in [0, 0.05) is 38.0 Å². The normalized spacial score (nSPS) is 12.0. The van der Waals surface area contributed by atoms with Gasteiger partial charge in [-0.2, -0.15) is 0 Å². The number of ketones is 1. The number of carbonyl (C=O) groups excluding carboxylic acids is 1. The van der Waals surface area contributed by atoms with E-state index in [1.54, 1.807) is 4.40 Å². The summed E-state index contributed by atoms with van der Waals surface area (Å²) in [6.45, 7) is 12.3. The van der Waals surface area contributed by atoms with Gasteiger partial charge in [0.1, 0.15) is 0 Å². The summed E-state index contributed by atoms with van der Waals surface area (Å²) >= 11 is 0.0523. The smallest absolute Gasteiger partial charge is 0 e. The Hall–Kier alpha value is -1.79. The largest absolute Gasteiger partial charge is 0 e. The molecule has 0 unspecified atom stereocenters. The molecular weight excluding hydrogens is 763 g/mol. The molecule has 0 fully saturated rings. The maximum absolute atomic E-state index is 11.7. The number of benzene rings is 2. The van der Waals surface area contributed by atoms with Crippen LogP contribution < -0.4 is 4.40 Å². The molecule has 6 heteroatoms. The molecule has 2 aromatic heterocycles. The first kappa shape index (κ1) is 35.4. The van der Waals surface area contributed by atoms with E-state index in [0.717, 1.165) is 42.5 Å². The zero-order chi connectivity index (χ0) is 29.6. The summed E-state index contributed by atoms with van der Waals surface area (Å²) in [6, 6.07) is 17.1. The molecule has 0 saturated heterocycles. The average Bonchev–Trinajstić information content (AvgIpc) is 3.27. The first-order valence-electron chi connectivity index (χ1n) is 14.7. The molecule has 0 spiro atoms. The number of aryl methyl sites for hydroxylation is 2. The molecule has 0 amide bonds. The summed E-state index contributed by atoms with van der Waals surface area (Å²) in [7, 11) is 0. The van der Waals surface area contributed by atoms with Gasteiger partial charge in [-0.3, -0.25) is 4.79 Å². The Kier molecular flexibility index (Phi) is 13.5. The minimum absolute atomic E-state index is 0. The van der Waals surface area contributed by atoms with E-state index >= 15 is 0 Å². The van der Waals surface area contributed by atoms with Crippen molar-refractivity contribution in [3.8, 4) is 11.3 Å². The molecule has 2 heterocycles. The van der Waals surface area contributed by atoms with Gasteiger partial charge in [-0.1, -0.05) is 27.7 Å². The van der Waals surface area contributed by atoms with E-state index < -0.39 is 13.3 Å². The van der Waals surface area contributed by atoms with E-state index in [2.05, 4.69) is 73.6 Å². The SMILES string of the molecule is CCC(CC)C(=O)/C=C(\O)C(CC)CC.Cc1[c-]c(-c2nccc3c2sc2c[c]([Ge]([CH3])([CH3])[CH3])ccc23)cc(C)c1.[Ir]. The predicted octanol–water partition coefficient (Wildman–Crippen LogP) is 9.95. The fourth-order valence-electron chi connectivity index (χ4n) is 5.16. The number of nitrogens with zero attached hydrogens (tertiary/aromatic N) is 1. The van der Waals surface area contributed by atoms with Crippen molar-refractivity contribution < 1.29 is 30.0 Å². The molecule has 0 aliphatic carbocycles. The van der Waals surface area contributed by atoms with E-state index in [1.165, 1.54) is 31.8 Å². The number of thiophene rings is 1. The van der Waals surface area contributed by atoms with Gasteiger partial charge in [-0.25, -0.2) is 0 Å². The first-order chi connectivity index (χ1) is 18.9. The van der Waals surface area contributed by atoms with Gasteiger partial charge in [-0.15, -0.1) is 0 Å². The summed E-state index contributed by atoms with van der Waals surface area (Å²) in [4.78, 5) is 16.4. The second-order valence-corrected chi connectivity index (χ2v) is 23.6. The number of aromatic nitrogens is 1. The Labute approximate surface area is 267 Å². The summed E-state index contributed by atoms with van der Waals surface area (Å²) in [5.74, 6) is 7.90. The molecular formula is C35H46GeIrNO2S-. The monoisotopic (exact) mass is 811 g/mol. The van der Waals surface area contributed by atoms with Gasteiger partial charge < -0.3 is 5.11 Å². The van der Waals surface area contributed by atoms with Crippen LogP contribution in [0.1, 0.15) is 64.5 Å². The molecule has 4 aromatic rings. The number of fused-ring (bicyclic) bond motifs is 3. The third kappa shape index (κ3) is 8.86. The zero-order valence-corrected chi connectivity index (χ0v) is 31.5. The minimum atomic E-state index is -1.82. The van der Waals surface area contributed by atoms with Crippen molar-refractivity contribution >= 4 is 55.0 Å². The third-order valence-electron chi connectivity index (χ3n) is 7.74. The minimum Gasteiger partial charge on any atom is 0 e. The second-order valence-electron chi connectivity index (χ2n) is 11.9. The van der Waals surface area contributed by atoms with E-state index in [9.17, 15) is 9.90 Å². The van der Waals surface area contributed by atoms with E-state index in [-0.39, 0.29) is 43.5 Å². The summed E-state index contributed by atoms with van der Waals surface area (Å²) in [6.07, 6.45) is 6.84. The molecule has 0 atom stereocenters. The summed E-state index contributed by atoms with van der Waals surface area (Å²) in [5.41, 5.74) is 4.58. The van der Waals surface area contributed by atoms with Crippen molar-refractivity contribution in [3.63, 3.8) is 0 Å². The van der Waals surface area contributed by atoms with Gasteiger partial charge in [0.2, 0.25) is 0 Å². The van der Waals surface area contributed by atoms with Crippen molar-refractivity contribution in [2.24, 2.45) is 11.8 Å². The fraction of sp³-hybridized carbons (Fsp3) is 0.429. The second kappa shape index (κ2) is 15.6. The molecule has 0 saturated carbocycles. The van der Waals surface area contributed by atoms with Crippen LogP contribution in [0.4, 0.5) is 0 Å². The Bertz CT molecular complexity index is 1470. The van der Waals surface area contributed by atoms with Crippen molar-refractivity contribution in [1.82, 2.24) is 4.98 Å². The van der Waals surface area contributed by atoms with E-state index in [1.807, 2.05) is 45.2 Å². The molecule has 0 bridgehead atoms. The van der Waals surface area contributed by atoms with Crippen LogP contribution in [-0.2, 0) is 24.9 Å². The quantitative estimate of drug-likeness (QED) is 0.0793. The molecule has 3 nitrogen and oxygen atoms in total.